The molecule has 0 amide bonds. The number of piperazine rings is 1. The minimum atomic E-state index is -4.49. The topological polar surface area (TPSA) is 90.5 Å². The quantitative estimate of drug-likeness (QED) is 0.518. The van der Waals surface area contributed by atoms with E-state index in [-0.39, 0.29) is 5.52 Å². The maximum atomic E-state index is 12.9. The van der Waals surface area contributed by atoms with Crippen molar-refractivity contribution in [1.29, 1.82) is 0 Å². The first-order valence-electron chi connectivity index (χ1n) is 11.0. The largest absolute Gasteiger partial charge is 0.433 e. The van der Waals surface area contributed by atoms with Gasteiger partial charge in [-0.1, -0.05) is 0 Å². The Balaban J connectivity index is 1.16. The summed E-state index contributed by atoms with van der Waals surface area (Å²) >= 11 is 0. The molecule has 2 N–H and O–H groups in total. The molecular weight excluding hydrogens is 437 g/mol. The third-order valence-electron chi connectivity index (χ3n) is 6.13. The smallest absolute Gasteiger partial charge is 0.377 e. The zero-order valence-corrected chi connectivity index (χ0v) is 17.8. The molecule has 0 unspecified atom stereocenters. The van der Waals surface area contributed by atoms with E-state index in [9.17, 15) is 22.8 Å². The number of anilines is 3. The molecule has 1 aromatic carbocycles. The number of nitrogens with one attached hydrogen (secondary N) is 2. The van der Waals surface area contributed by atoms with Gasteiger partial charge in [0.15, 0.2) is 0 Å². The van der Waals surface area contributed by atoms with Gasteiger partial charge in [0.2, 0.25) is 0 Å². The summed E-state index contributed by atoms with van der Waals surface area (Å²) in [5.41, 5.74) is -0.514. The second-order valence-electron chi connectivity index (χ2n) is 8.48. The maximum Gasteiger partial charge on any atom is 0.433 e. The molecule has 3 aromatic rings. The molecule has 2 fully saturated rings. The monoisotopic (exact) mass is 460 g/mol. The molecule has 1 aliphatic heterocycles. The van der Waals surface area contributed by atoms with E-state index in [4.69, 9.17) is 0 Å². The maximum absolute atomic E-state index is 12.9. The highest BCUT2D eigenvalue weighted by molar-refractivity contribution is 5.89. The van der Waals surface area contributed by atoms with Gasteiger partial charge < -0.3 is 15.5 Å². The average Bonchev–Trinajstić information content (AvgIpc) is 3.63. The van der Waals surface area contributed by atoms with Crippen LogP contribution in [0.3, 0.4) is 0 Å². The van der Waals surface area contributed by atoms with Crippen LogP contribution in [0.1, 0.15) is 18.5 Å². The molecule has 5 rings (SSSR count). The summed E-state index contributed by atoms with van der Waals surface area (Å²) in [5, 5.41) is 6.90. The summed E-state index contributed by atoms with van der Waals surface area (Å²) in [7, 11) is 0. The lowest BCUT2D eigenvalue weighted by Gasteiger charge is -2.37. The van der Waals surface area contributed by atoms with Crippen LogP contribution < -0.4 is 26.4 Å². The molecule has 0 atom stereocenters. The fourth-order valence-corrected chi connectivity index (χ4v) is 4.13. The van der Waals surface area contributed by atoms with Gasteiger partial charge in [-0.05, 0) is 31.0 Å². The highest BCUT2D eigenvalue weighted by Gasteiger charge is 2.33. The molecule has 3 heterocycles. The Morgan fingerprint density at radius 1 is 1.03 bits per heavy atom. The third kappa shape index (κ3) is 4.37. The number of hydrogen-bond donors (Lipinski definition) is 2. The van der Waals surface area contributed by atoms with Gasteiger partial charge in [-0.25, -0.2) is 9.97 Å². The molecule has 0 spiro atoms. The zero-order chi connectivity index (χ0) is 23.2. The van der Waals surface area contributed by atoms with E-state index in [1.807, 2.05) is 4.90 Å². The number of alkyl halides is 3. The van der Waals surface area contributed by atoms with E-state index >= 15 is 0 Å². The molecule has 0 radical (unpaired) electrons. The lowest BCUT2D eigenvalue weighted by atomic mass is 10.1. The van der Waals surface area contributed by atoms with Crippen molar-refractivity contribution in [2.45, 2.75) is 25.1 Å². The fraction of sp³-hybridized carbons (Fsp3) is 0.455. The van der Waals surface area contributed by atoms with Gasteiger partial charge in [0.1, 0.15) is 22.9 Å². The number of nitrogens with zero attached hydrogens (tertiary/aromatic N) is 4. The third-order valence-corrected chi connectivity index (χ3v) is 6.13. The minimum Gasteiger partial charge on any atom is -0.377 e. The molecule has 1 saturated carbocycles. The summed E-state index contributed by atoms with van der Waals surface area (Å²) in [6.45, 7) is 4.05. The van der Waals surface area contributed by atoms with Gasteiger partial charge >= 0.3 is 6.18 Å². The van der Waals surface area contributed by atoms with Crippen LogP contribution in [0.2, 0.25) is 0 Å². The van der Waals surface area contributed by atoms with Crippen molar-refractivity contribution in [2.24, 2.45) is 0 Å². The second-order valence-corrected chi connectivity index (χ2v) is 8.48. The number of hydrogen-bond acceptors (Lipinski definition) is 8. The Kier molecular flexibility index (Phi) is 5.43. The van der Waals surface area contributed by atoms with Gasteiger partial charge in [0, 0.05) is 56.9 Å². The number of rotatable bonds is 7. The Hall–Kier alpha value is -3.21. The minimum absolute atomic E-state index is 0.236. The molecule has 0 bridgehead atoms. The SMILES string of the molecule is O=c1c(NC2CC2)c(N2CCN(CCNc3nccc4nc(C(F)(F)F)ccc34)CC2)c1=O. The Bertz CT molecular complexity index is 1240. The summed E-state index contributed by atoms with van der Waals surface area (Å²) in [6.07, 6.45) is -0.988. The highest BCUT2D eigenvalue weighted by Crippen LogP contribution is 2.31. The van der Waals surface area contributed by atoms with Gasteiger partial charge in [-0.2, -0.15) is 13.2 Å². The zero-order valence-electron chi connectivity index (χ0n) is 17.8. The van der Waals surface area contributed by atoms with E-state index in [0.29, 0.717) is 54.8 Å². The van der Waals surface area contributed by atoms with Gasteiger partial charge in [-0.3, -0.25) is 14.5 Å². The van der Waals surface area contributed by atoms with Gasteiger partial charge in [-0.15, -0.1) is 0 Å². The van der Waals surface area contributed by atoms with Crippen LogP contribution in [0, 0.1) is 0 Å². The van der Waals surface area contributed by atoms with Gasteiger partial charge in [0.05, 0.1) is 5.52 Å². The Morgan fingerprint density at radius 3 is 2.48 bits per heavy atom. The predicted octanol–water partition coefficient (Wildman–Crippen LogP) is 2.05. The second kappa shape index (κ2) is 8.29. The molecule has 33 heavy (non-hydrogen) atoms. The lowest BCUT2D eigenvalue weighted by molar-refractivity contribution is -0.140. The van der Waals surface area contributed by atoms with Crippen molar-refractivity contribution in [3.63, 3.8) is 0 Å². The number of fused-ring (bicyclic) bond motifs is 1. The average molecular weight is 460 g/mol. The molecule has 2 aliphatic rings. The molecule has 174 valence electrons. The first-order valence-corrected chi connectivity index (χ1v) is 11.0. The Morgan fingerprint density at radius 2 is 1.79 bits per heavy atom. The first-order chi connectivity index (χ1) is 15.8. The fourth-order valence-electron chi connectivity index (χ4n) is 4.13. The first kappa shape index (κ1) is 21.6. The van der Waals surface area contributed by atoms with Crippen LogP contribution in [0.25, 0.3) is 10.9 Å². The van der Waals surface area contributed by atoms with E-state index in [1.54, 1.807) is 0 Å². The normalized spacial score (nSPS) is 17.6. The predicted molar refractivity (Wildman–Crippen MR) is 120 cm³/mol. The molecule has 1 aliphatic carbocycles. The van der Waals surface area contributed by atoms with E-state index in [2.05, 4.69) is 25.5 Å². The summed E-state index contributed by atoms with van der Waals surface area (Å²) in [5.74, 6) is 0.492. The summed E-state index contributed by atoms with van der Waals surface area (Å²) < 4.78 is 38.7. The molecule has 11 heteroatoms. The van der Waals surface area contributed by atoms with Crippen LogP contribution in [0.4, 0.5) is 30.4 Å². The number of aromatic nitrogens is 2. The van der Waals surface area contributed by atoms with Crippen molar-refractivity contribution < 1.29 is 13.2 Å². The molecular formula is C22H23F3N6O2. The summed E-state index contributed by atoms with van der Waals surface area (Å²) in [4.78, 5) is 36.1. The van der Waals surface area contributed by atoms with Crippen molar-refractivity contribution in [3.05, 3.63) is 50.5 Å². The molecule has 8 nitrogen and oxygen atoms in total. The van der Waals surface area contributed by atoms with E-state index in [1.165, 1.54) is 18.3 Å². The standard InChI is InChI=1S/C22H23F3N6O2/c23-22(24,25)16-4-3-14-15(29-16)5-6-26-21(14)27-7-8-30-9-11-31(12-10-30)18-17(19(32)20(18)33)28-13-1-2-13/h3-6,13,28H,1-2,7-12H2,(H,26,27). The molecule has 2 aromatic heterocycles. The van der Waals surface area contributed by atoms with Crippen molar-refractivity contribution in [1.82, 2.24) is 14.9 Å². The highest BCUT2D eigenvalue weighted by atomic mass is 19.4. The van der Waals surface area contributed by atoms with E-state index in [0.717, 1.165) is 32.0 Å². The lowest BCUT2D eigenvalue weighted by Crippen LogP contribution is -2.52. The Labute approximate surface area is 187 Å². The van der Waals surface area contributed by atoms with Gasteiger partial charge in [0.25, 0.3) is 10.9 Å². The van der Waals surface area contributed by atoms with Crippen LogP contribution >= 0.6 is 0 Å². The number of halogens is 3. The van der Waals surface area contributed by atoms with Crippen LogP contribution in [0.15, 0.2) is 34.0 Å². The van der Waals surface area contributed by atoms with Crippen LogP contribution in [-0.4, -0.2) is 60.2 Å². The van der Waals surface area contributed by atoms with Crippen LogP contribution in [-0.2, 0) is 6.18 Å². The van der Waals surface area contributed by atoms with Crippen molar-refractivity contribution in [2.75, 3.05) is 54.8 Å². The van der Waals surface area contributed by atoms with Crippen LogP contribution in [0.5, 0.6) is 0 Å². The number of pyridine rings is 2. The van der Waals surface area contributed by atoms with Crippen molar-refractivity contribution >= 4 is 28.1 Å². The van der Waals surface area contributed by atoms with Crippen molar-refractivity contribution in [3.8, 4) is 0 Å². The molecule has 1 saturated heterocycles. The summed E-state index contributed by atoms with van der Waals surface area (Å²) in [6, 6.07) is 4.12. The van der Waals surface area contributed by atoms with E-state index < -0.39 is 22.7 Å².